The van der Waals surface area contributed by atoms with Gasteiger partial charge in [0, 0.05) is 6.54 Å². The molecule has 4 heteroatoms. The number of halogens is 1. The minimum absolute atomic E-state index is 0.211. The Labute approximate surface area is 107 Å². The van der Waals surface area contributed by atoms with Gasteiger partial charge in [0.05, 0.1) is 16.3 Å². The number of carboxylic acids is 1. The Kier molecular flexibility index (Phi) is 5.29. The second-order valence-corrected chi connectivity index (χ2v) is 4.47. The van der Waals surface area contributed by atoms with Gasteiger partial charge >= 0.3 is 5.97 Å². The zero-order chi connectivity index (χ0) is 12.8. The van der Waals surface area contributed by atoms with Gasteiger partial charge in [-0.25, -0.2) is 4.79 Å². The first-order valence-electron chi connectivity index (χ1n) is 5.85. The van der Waals surface area contributed by atoms with Crippen molar-refractivity contribution in [1.29, 1.82) is 0 Å². The van der Waals surface area contributed by atoms with E-state index in [0.29, 0.717) is 10.9 Å². The van der Waals surface area contributed by atoms with E-state index in [1.165, 1.54) is 6.07 Å². The van der Waals surface area contributed by atoms with E-state index in [1.54, 1.807) is 12.1 Å². The quantitative estimate of drug-likeness (QED) is 0.811. The van der Waals surface area contributed by atoms with Crippen molar-refractivity contribution in [2.24, 2.45) is 5.92 Å². The summed E-state index contributed by atoms with van der Waals surface area (Å²) in [5, 5.41) is 12.5. The average Bonchev–Trinajstić information content (AvgIpc) is 2.31. The lowest BCUT2D eigenvalue weighted by Crippen LogP contribution is -2.13. The van der Waals surface area contributed by atoms with Gasteiger partial charge in [-0.15, -0.1) is 0 Å². The fraction of sp³-hybridized carbons (Fsp3) is 0.462. The summed E-state index contributed by atoms with van der Waals surface area (Å²) < 4.78 is 0. The second-order valence-electron chi connectivity index (χ2n) is 4.06. The third kappa shape index (κ3) is 3.93. The van der Waals surface area contributed by atoms with Crippen molar-refractivity contribution >= 4 is 23.3 Å². The summed E-state index contributed by atoms with van der Waals surface area (Å²) in [6, 6.07) is 4.75. The largest absolute Gasteiger partial charge is 0.478 e. The Bertz CT molecular complexity index is 389. The Morgan fingerprint density at radius 2 is 2.06 bits per heavy atom. The van der Waals surface area contributed by atoms with Crippen molar-refractivity contribution in [2.45, 2.75) is 26.7 Å². The van der Waals surface area contributed by atoms with E-state index < -0.39 is 5.97 Å². The summed E-state index contributed by atoms with van der Waals surface area (Å²) in [6.45, 7) is 5.18. The topological polar surface area (TPSA) is 49.3 Å². The molecule has 0 spiro atoms. The van der Waals surface area contributed by atoms with Gasteiger partial charge in [0.1, 0.15) is 0 Å². The van der Waals surface area contributed by atoms with Crippen LogP contribution in [0.25, 0.3) is 0 Å². The van der Waals surface area contributed by atoms with Gasteiger partial charge in [0.2, 0.25) is 0 Å². The van der Waals surface area contributed by atoms with E-state index in [9.17, 15) is 4.79 Å². The Morgan fingerprint density at radius 3 is 2.53 bits per heavy atom. The maximum atomic E-state index is 10.7. The van der Waals surface area contributed by atoms with Crippen LogP contribution in [-0.2, 0) is 0 Å². The molecule has 0 amide bonds. The van der Waals surface area contributed by atoms with Gasteiger partial charge in [0.25, 0.3) is 0 Å². The molecule has 94 valence electrons. The van der Waals surface area contributed by atoms with Gasteiger partial charge in [0.15, 0.2) is 0 Å². The van der Waals surface area contributed by atoms with E-state index in [2.05, 4.69) is 19.2 Å². The molecule has 0 atom stereocenters. The monoisotopic (exact) mass is 255 g/mol. The molecule has 0 fully saturated rings. The van der Waals surface area contributed by atoms with Crippen LogP contribution in [0, 0.1) is 5.92 Å². The lowest BCUT2D eigenvalue weighted by atomic mass is 10.0. The molecule has 2 N–H and O–H groups in total. The highest BCUT2D eigenvalue weighted by molar-refractivity contribution is 6.33. The summed E-state index contributed by atoms with van der Waals surface area (Å²) in [4.78, 5) is 10.7. The lowest BCUT2D eigenvalue weighted by molar-refractivity contribution is 0.0697. The van der Waals surface area contributed by atoms with Crippen LogP contribution in [-0.4, -0.2) is 17.6 Å². The van der Waals surface area contributed by atoms with E-state index >= 15 is 0 Å². The maximum absolute atomic E-state index is 10.7. The number of benzene rings is 1. The highest BCUT2D eigenvalue weighted by Gasteiger charge is 2.08. The molecular formula is C13H18ClNO2. The number of aromatic carboxylic acids is 1. The summed E-state index contributed by atoms with van der Waals surface area (Å²) in [5.74, 6) is -0.344. The third-order valence-corrected chi connectivity index (χ3v) is 3.26. The maximum Gasteiger partial charge on any atom is 0.335 e. The predicted molar refractivity (Wildman–Crippen MR) is 71.0 cm³/mol. The smallest absolute Gasteiger partial charge is 0.335 e. The van der Waals surface area contributed by atoms with E-state index in [1.807, 2.05) is 0 Å². The lowest BCUT2D eigenvalue weighted by Gasteiger charge is -2.15. The Balaban J connectivity index is 2.69. The van der Waals surface area contributed by atoms with E-state index in [4.69, 9.17) is 16.7 Å². The normalized spacial score (nSPS) is 10.6. The van der Waals surface area contributed by atoms with Crippen molar-refractivity contribution < 1.29 is 9.90 Å². The minimum atomic E-state index is -0.960. The van der Waals surface area contributed by atoms with E-state index in [0.717, 1.165) is 25.1 Å². The number of anilines is 1. The van der Waals surface area contributed by atoms with Crippen LogP contribution >= 0.6 is 11.6 Å². The number of carbonyl (C=O) groups is 1. The van der Waals surface area contributed by atoms with Crippen molar-refractivity contribution in [3.8, 4) is 0 Å². The number of carboxylic acid groups (broad SMARTS) is 1. The van der Waals surface area contributed by atoms with Gasteiger partial charge < -0.3 is 10.4 Å². The molecule has 0 unspecified atom stereocenters. The van der Waals surface area contributed by atoms with Gasteiger partial charge in [-0.3, -0.25) is 0 Å². The van der Waals surface area contributed by atoms with Gasteiger partial charge in [-0.05, 0) is 24.1 Å². The molecular weight excluding hydrogens is 238 g/mol. The molecule has 0 heterocycles. The molecule has 17 heavy (non-hydrogen) atoms. The number of hydrogen-bond acceptors (Lipinski definition) is 2. The van der Waals surface area contributed by atoms with Crippen LogP contribution in [0.3, 0.4) is 0 Å². The summed E-state index contributed by atoms with van der Waals surface area (Å²) >= 11 is 6.02. The highest BCUT2D eigenvalue weighted by atomic mass is 35.5. The summed E-state index contributed by atoms with van der Waals surface area (Å²) in [7, 11) is 0. The molecule has 0 bridgehead atoms. The Hall–Kier alpha value is -1.22. The molecule has 1 aromatic carbocycles. The fourth-order valence-electron chi connectivity index (χ4n) is 1.62. The summed E-state index contributed by atoms with van der Waals surface area (Å²) in [5.41, 5.74) is 1.01. The van der Waals surface area contributed by atoms with Crippen LogP contribution in [0.1, 0.15) is 37.0 Å². The first kappa shape index (κ1) is 13.8. The molecule has 0 aromatic heterocycles. The highest BCUT2D eigenvalue weighted by Crippen LogP contribution is 2.23. The molecule has 0 aliphatic carbocycles. The number of hydrogen-bond donors (Lipinski definition) is 2. The average molecular weight is 256 g/mol. The Morgan fingerprint density at radius 1 is 1.41 bits per heavy atom. The van der Waals surface area contributed by atoms with Crippen LogP contribution in [0.15, 0.2) is 18.2 Å². The fourth-order valence-corrected chi connectivity index (χ4v) is 1.87. The molecule has 0 saturated heterocycles. The zero-order valence-electron chi connectivity index (χ0n) is 10.2. The number of rotatable bonds is 6. The predicted octanol–water partition coefficient (Wildman–Crippen LogP) is 3.89. The van der Waals surface area contributed by atoms with Crippen LogP contribution in [0.2, 0.25) is 5.02 Å². The SMILES string of the molecule is CCC(CC)CNc1ccc(C(=O)O)cc1Cl. The van der Waals surface area contributed by atoms with Crippen LogP contribution < -0.4 is 5.32 Å². The third-order valence-electron chi connectivity index (χ3n) is 2.95. The first-order valence-corrected chi connectivity index (χ1v) is 6.23. The van der Waals surface area contributed by atoms with Crippen molar-refractivity contribution in [3.63, 3.8) is 0 Å². The molecule has 0 aliphatic heterocycles. The van der Waals surface area contributed by atoms with Gasteiger partial charge in [-0.1, -0.05) is 38.3 Å². The minimum Gasteiger partial charge on any atom is -0.478 e. The zero-order valence-corrected chi connectivity index (χ0v) is 10.9. The first-order chi connectivity index (χ1) is 8.08. The standard InChI is InChI=1S/C13H18ClNO2/c1-3-9(4-2)8-15-12-6-5-10(13(16)17)7-11(12)14/h5-7,9,15H,3-4,8H2,1-2H3,(H,16,17). The van der Waals surface area contributed by atoms with Gasteiger partial charge in [-0.2, -0.15) is 0 Å². The van der Waals surface area contributed by atoms with Crippen LogP contribution in [0.5, 0.6) is 0 Å². The molecule has 0 aliphatic rings. The molecule has 3 nitrogen and oxygen atoms in total. The molecule has 1 aromatic rings. The van der Waals surface area contributed by atoms with Crippen molar-refractivity contribution in [3.05, 3.63) is 28.8 Å². The van der Waals surface area contributed by atoms with E-state index in [-0.39, 0.29) is 5.56 Å². The van der Waals surface area contributed by atoms with Crippen LogP contribution in [0.4, 0.5) is 5.69 Å². The summed E-state index contributed by atoms with van der Waals surface area (Å²) in [6.07, 6.45) is 2.24. The molecule has 0 saturated carbocycles. The second kappa shape index (κ2) is 6.50. The molecule has 0 radical (unpaired) electrons. The number of nitrogens with one attached hydrogen (secondary N) is 1. The van der Waals surface area contributed by atoms with Crippen molar-refractivity contribution in [2.75, 3.05) is 11.9 Å². The molecule has 1 rings (SSSR count). The van der Waals surface area contributed by atoms with Crippen molar-refractivity contribution in [1.82, 2.24) is 0 Å².